The molecule has 0 saturated carbocycles. The standard InChI is InChI=1S/C21H24N2O4/c1-14(24)18-6-5-17-4-3-16(13-19(17)22-18)7-8-21(20(26)27)9-11-23(12-10-21)15(2)25/h3-8,13-14,24H,9-12H2,1-2H3,(H,26,27). The number of pyridine rings is 1. The van der Waals surface area contributed by atoms with Gasteiger partial charge < -0.3 is 15.1 Å². The third kappa shape index (κ3) is 4.01. The molecule has 0 aliphatic carbocycles. The molecule has 2 heterocycles. The number of aliphatic carboxylic acids is 1. The van der Waals surface area contributed by atoms with Crippen molar-refractivity contribution in [2.45, 2.75) is 32.8 Å². The molecular weight excluding hydrogens is 344 g/mol. The molecule has 27 heavy (non-hydrogen) atoms. The molecule has 0 spiro atoms. The fraction of sp³-hybridized carbons (Fsp3) is 0.381. The van der Waals surface area contributed by atoms with Gasteiger partial charge in [0.25, 0.3) is 0 Å². The Hall–Kier alpha value is -2.73. The molecular formula is C21H24N2O4. The Morgan fingerprint density at radius 1 is 1.22 bits per heavy atom. The molecule has 0 radical (unpaired) electrons. The normalized spacial score (nSPS) is 18.0. The number of aliphatic hydroxyl groups is 1. The molecule has 2 N–H and O–H groups in total. The van der Waals surface area contributed by atoms with Gasteiger partial charge in [-0.3, -0.25) is 14.6 Å². The van der Waals surface area contributed by atoms with Crippen LogP contribution in [0.3, 0.4) is 0 Å². The Morgan fingerprint density at radius 3 is 2.48 bits per heavy atom. The fourth-order valence-corrected chi connectivity index (χ4v) is 3.41. The molecule has 1 atom stereocenters. The van der Waals surface area contributed by atoms with Gasteiger partial charge in [-0.1, -0.05) is 30.4 Å². The number of aliphatic hydroxyl groups excluding tert-OH is 1. The largest absolute Gasteiger partial charge is 0.481 e. The number of benzene rings is 1. The van der Waals surface area contributed by atoms with Crippen LogP contribution in [0.1, 0.15) is 44.1 Å². The van der Waals surface area contributed by atoms with E-state index in [1.165, 1.54) is 6.92 Å². The van der Waals surface area contributed by atoms with E-state index >= 15 is 0 Å². The molecule has 3 rings (SSSR count). The SMILES string of the molecule is CC(=O)N1CCC(C=Cc2ccc3ccc(C(C)O)nc3c2)(C(=O)O)CC1. The number of hydrogen-bond acceptors (Lipinski definition) is 4. The van der Waals surface area contributed by atoms with Gasteiger partial charge in [-0.25, -0.2) is 0 Å². The van der Waals surface area contributed by atoms with E-state index in [0.29, 0.717) is 31.6 Å². The second kappa shape index (κ2) is 7.48. The summed E-state index contributed by atoms with van der Waals surface area (Å²) in [7, 11) is 0. The summed E-state index contributed by atoms with van der Waals surface area (Å²) >= 11 is 0. The van der Waals surface area contributed by atoms with E-state index in [1.807, 2.05) is 30.3 Å². The highest BCUT2D eigenvalue weighted by Crippen LogP contribution is 2.34. The lowest BCUT2D eigenvalue weighted by Gasteiger charge is -2.36. The van der Waals surface area contributed by atoms with Crippen LogP contribution in [0.4, 0.5) is 0 Å². The smallest absolute Gasteiger partial charge is 0.313 e. The van der Waals surface area contributed by atoms with Crippen molar-refractivity contribution >= 4 is 28.9 Å². The Morgan fingerprint density at radius 2 is 1.89 bits per heavy atom. The average molecular weight is 368 g/mol. The van der Waals surface area contributed by atoms with E-state index in [9.17, 15) is 19.8 Å². The zero-order valence-electron chi connectivity index (χ0n) is 15.6. The Labute approximate surface area is 158 Å². The van der Waals surface area contributed by atoms with E-state index in [2.05, 4.69) is 4.98 Å². The van der Waals surface area contributed by atoms with Crippen LogP contribution >= 0.6 is 0 Å². The van der Waals surface area contributed by atoms with E-state index < -0.39 is 17.5 Å². The van der Waals surface area contributed by atoms with Crippen molar-refractivity contribution in [3.8, 4) is 0 Å². The minimum atomic E-state index is -0.963. The van der Waals surface area contributed by atoms with Gasteiger partial charge in [0.2, 0.25) is 5.91 Å². The highest BCUT2D eigenvalue weighted by atomic mass is 16.4. The van der Waals surface area contributed by atoms with Gasteiger partial charge in [0, 0.05) is 25.4 Å². The molecule has 1 aliphatic rings. The maximum absolute atomic E-state index is 11.9. The van der Waals surface area contributed by atoms with E-state index in [1.54, 1.807) is 24.0 Å². The van der Waals surface area contributed by atoms with Crippen LogP contribution in [-0.4, -0.2) is 45.1 Å². The second-order valence-corrected chi connectivity index (χ2v) is 7.16. The summed E-state index contributed by atoms with van der Waals surface area (Å²) in [6.07, 6.45) is 3.71. The van der Waals surface area contributed by atoms with Crippen molar-refractivity contribution < 1.29 is 19.8 Å². The number of likely N-dealkylation sites (tertiary alicyclic amines) is 1. The molecule has 1 saturated heterocycles. The van der Waals surface area contributed by atoms with Gasteiger partial charge in [-0.2, -0.15) is 0 Å². The molecule has 2 aromatic rings. The summed E-state index contributed by atoms with van der Waals surface area (Å²) < 4.78 is 0. The summed E-state index contributed by atoms with van der Waals surface area (Å²) in [6.45, 7) is 4.07. The van der Waals surface area contributed by atoms with Crippen molar-refractivity contribution in [3.63, 3.8) is 0 Å². The first-order chi connectivity index (χ1) is 12.8. The number of rotatable bonds is 4. The highest BCUT2D eigenvalue weighted by Gasteiger charge is 2.39. The topological polar surface area (TPSA) is 90.7 Å². The van der Waals surface area contributed by atoms with Crippen LogP contribution in [0.2, 0.25) is 0 Å². The summed E-state index contributed by atoms with van der Waals surface area (Å²) in [6, 6.07) is 9.44. The van der Waals surface area contributed by atoms with E-state index in [0.717, 1.165) is 16.5 Å². The fourth-order valence-electron chi connectivity index (χ4n) is 3.41. The van der Waals surface area contributed by atoms with Crippen molar-refractivity contribution in [1.29, 1.82) is 0 Å². The number of amides is 1. The molecule has 1 aliphatic heterocycles. The number of carboxylic acid groups (broad SMARTS) is 1. The zero-order chi connectivity index (χ0) is 19.6. The van der Waals surface area contributed by atoms with Crippen LogP contribution in [0.25, 0.3) is 17.0 Å². The molecule has 0 bridgehead atoms. The lowest BCUT2D eigenvalue weighted by molar-refractivity contribution is -0.150. The van der Waals surface area contributed by atoms with Crippen molar-refractivity contribution in [1.82, 2.24) is 9.88 Å². The van der Waals surface area contributed by atoms with Crippen LogP contribution in [0.15, 0.2) is 36.4 Å². The molecule has 1 aromatic heterocycles. The van der Waals surface area contributed by atoms with Gasteiger partial charge in [0.15, 0.2) is 0 Å². The number of carbonyl (C=O) groups is 2. The quantitative estimate of drug-likeness (QED) is 0.866. The first-order valence-electron chi connectivity index (χ1n) is 9.08. The van der Waals surface area contributed by atoms with Gasteiger partial charge in [0.05, 0.1) is 22.7 Å². The first-order valence-corrected chi connectivity index (χ1v) is 9.08. The Bertz CT molecular complexity index is 896. The predicted octanol–water partition coefficient (Wildman–Crippen LogP) is 3.01. The number of piperidine rings is 1. The molecule has 6 nitrogen and oxygen atoms in total. The van der Waals surface area contributed by atoms with E-state index in [-0.39, 0.29) is 5.91 Å². The molecule has 1 amide bonds. The lowest BCUT2D eigenvalue weighted by atomic mass is 9.77. The van der Waals surface area contributed by atoms with E-state index in [4.69, 9.17) is 0 Å². The highest BCUT2D eigenvalue weighted by molar-refractivity contribution is 5.83. The molecule has 1 fully saturated rings. The second-order valence-electron chi connectivity index (χ2n) is 7.16. The molecule has 142 valence electrons. The van der Waals surface area contributed by atoms with Crippen molar-refractivity contribution in [2.75, 3.05) is 13.1 Å². The molecule has 1 aromatic carbocycles. The number of nitrogens with zero attached hydrogens (tertiary/aromatic N) is 2. The summed E-state index contributed by atoms with van der Waals surface area (Å²) in [5.41, 5.74) is 1.25. The molecule has 6 heteroatoms. The van der Waals surface area contributed by atoms with Crippen LogP contribution in [0, 0.1) is 5.41 Å². The monoisotopic (exact) mass is 368 g/mol. The van der Waals surface area contributed by atoms with Gasteiger partial charge in [-0.15, -0.1) is 0 Å². The Balaban J connectivity index is 1.86. The Kier molecular flexibility index (Phi) is 5.28. The third-order valence-corrected chi connectivity index (χ3v) is 5.29. The number of carbonyl (C=O) groups excluding carboxylic acids is 1. The zero-order valence-corrected chi connectivity index (χ0v) is 15.6. The maximum atomic E-state index is 11.9. The lowest BCUT2D eigenvalue weighted by Crippen LogP contribution is -2.45. The third-order valence-electron chi connectivity index (χ3n) is 5.29. The predicted molar refractivity (Wildman–Crippen MR) is 103 cm³/mol. The average Bonchev–Trinajstić information content (AvgIpc) is 2.65. The number of hydrogen-bond donors (Lipinski definition) is 2. The van der Waals surface area contributed by atoms with Crippen molar-refractivity contribution in [3.05, 3.63) is 47.7 Å². The summed E-state index contributed by atoms with van der Waals surface area (Å²) in [5.74, 6) is -0.884. The first kappa shape index (κ1) is 19.0. The summed E-state index contributed by atoms with van der Waals surface area (Å²) in [5, 5.41) is 20.4. The number of fused-ring (bicyclic) bond motifs is 1. The van der Waals surface area contributed by atoms with Crippen molar-refractivity contribution in [2.24, 2.45) is 5.41 Å². The maximum Gasteiger partial charge on any atom is 0.313 e. The van der Waals surface area contributed by atoms with Gasteiger partial charge in [0.1, 0.15) is 0 Å². The minimum absolute atomic E-state index is 0.0208. The number of carboxylic acids is 1. The van der Waals surface area contributed by atoms with Gasteiger partial charge in [-0.05, 0) is 37.5 Å². The summed E-state index contributed by atoms with van der Waals surface area (Å²) in [4.78, 5) is 29.6. The van der Waals surface area contributed by atoms with Crippen LogP contribution in [0.5, 0.6) is 0 Å². The van der Waals surface area contributed by atoms with Crippen LogP contribution < -0.4 is 0 Å². The number of aromatic nitrogens is 1. The van der Waals surface area contributed by atoms with Gasteiger partial charge >= 0.3 is 5.97 Å². The van der Waals surface area contributed by atoms with Crippen LogP contribution in [-0.2, 0) is 9.59 Å². The minimum Gasteiger partial charge on any atom is -0.481 e. The molecule has 1 unspecified atom stereocenters.